The Kier molecular flexibility index (Phi) is 6.91. The van der Waals surface area contributed by atoms with Crippen LogP contribution in [0.25, 0.3) is 11.1 Å². The molecule has 0 radical (unpaired) electrons. The molecule has 0 aromatic heterocycles. The molecule has 6 atom stereocenters. The first-order valence-corrected chi connectivity index (χ1v) is 10.7. The van der Waals surface area contributed by atoms with Crippen molar-refractivity contribution in [2.45, 2.75) is 36.5 Å². The highest BCUT2D eigenvalue weighted by molar-refractivity contribution is 6.39. The number of carbonyl (C=O) groups is 1. The van der Waals surface area contributed by atoms with Crippen molar-refractivity contribution in [2.75, 3.05) is 13.2 Å². The van der Waals surface area contributed by atoms with E-state index in [1.807, 2.05) is 0 Å². The molecular weight excluding hydrogens is 500 g/mol. The number of carboxylic acids is 1. The van der Waals surface area contributed by atoms with Crippen LogP contribution in [-0.4, -0.2) is 76.0 Å². The van der Waals surface area contributed by atoms with Crippen LogP contribution in [0, 0.1) is 5.82 Å². The quantitative estimate of drug-likeness (QED) is 0.387. The number of ether oxygens (including phenoxy) is 4. The molecule has 2 aromatic rings. The highest BCUT2D eigenvalue weighted by atomic mass is 35.5. The highest BCUT2D eigenvalue weighted by Gasteiger charge is 2.51. The Hall–Kier alpha value is -2.22. The van der Waals surface area contributed by atoms with Gasteiger partial charge in [0.05, 0.1) is 16.6 Å². The maximum atomic E-state index is 14.4. The molecule has 10 nitrogen and oxygen atoms in total. The summed E-state index contributed by atoms with van der Waals surface area (Å²) in [7, 11) is 0. The van der Waals surface area contributed by atoms with Crippen molar-refractivity contribution >= 4 is 29.2 Å². The summed E-state index contributed by atoms with van der Waals surface area (Å²) in [6.07, 6.45) is -9.35. The lowest BCUT2D eigenvalue weighted by molar-refractivity contribution is -0.353. The van der Waals surface area contributed by atoms with Crippen molar-refractivity contribution in [2.24, 2.45) is 5.73 Å². The Bertz CT molecular complexity index is 1090. The van der Waals surface area contributed by atoms with Crippen LogP contribution in [0.15, 0.2) is 30.3 Å². The van der Waals surface area contributed by atoms with Gasteiger partial charge in [-0.1, -0.05) is 29.3 Å². The molecule has 5 unspecified atom stereocenters. The highest BCUT2D eigenvalue weighted by Crippen LogP contribution is 2.48. The van der Waals surface area contributed by atoms with Gasteiger partial charge in [0, 0.05) is 17.2 Å². The number of hydrogen-bond donors (Lipinski definition) is 5. The topological polar surface area (TPSA) is 161 Å². The minimum Gasteiger partial charge on any atom is -0.483 e. The molecular formula is C21H20Cl2FNO9. The summed E-state index contributed by atoms with van der Waals surface area (Å²) in [5.41, 5.74) is 6.24. The molecule has 4 rings (SSSR count). The van der Waals surface area contributed by atoms with Gasteiger partial charge < -0.3 is 45.1 Å². The molecule has 0 spiro atoms. The Balaban J connectivity index is 1.71. The molecule has 184 valence electrons. The third-order valence-electron chi connectivity index (χ3n) is 5.44. The van der Waals surface area contributed by atoms with Crippen LogP contribution in [0.2, 0.25) is 10.0 Å². The van der Waals surface area contributed by atoms with Gasteiger partial charge in [-0.25, -0.2) is 9.18 Å². The lowest BCUT2D eigenvalue weighted by Crippen LogP contribution is -2.64. The second-order valence-electron chi connectivity index (χ2n) is 7.74. The summed E-state index contributed by atoms with van der Waals surface area (Å²) in [5, 5.41) is 39.9. The molecule has 34 heavy (non-hydrogen) atoms. The van der Waals surface area contributed by atoms with Gasteiger partial charge in [-0.3, -0.25) is 0 Å². The van der Waals surface area contributed by atoms with Gasteiger partial charge in [-0.2, -0.15) is 0 Å². The number of hydrogen-bond acceptors (Lipinski definition) is 9. The van der Waals surface area contributed by atoms with E-state index in [1.54, 1.807) is 18.2 Å². The second-order valence-corrected chi connectivity index (χ2v) is 8.55. The average molecular weight is 520 g/mol. The Morgan fingerprint density at radius 2 is 1.85 bits per heavy atom. The van der Waals surface area contributed by atoms with Gasteiger partial charge in [-0.15, -0.1) is 0 Å². The fraction of sp³-hybridized carbons (Fsp3) is 0.381. The second kappa shape index (κ2) is 9.44. The predicted octanol–water partition coefficient (Wildman–Crippen LogP) is 1.13. The van der Waals surface area contributed by atoms with E-state index in [-0.39, 0.29) is 32.7 Å². The maximum Gasteiger partial charge on any atom is 0.335 e. The van der Waals surface area contributed by atoms with E-state index in [9.17, 15) is 29.6 Å². The number of benzene rings is 2. The molecule has 2 aliphatic rings. The smallest absolute Gasteiger partial charge is 0.335 e. The third kappa shape index (κ3) is 4.41. The number of rotatable bonds is 5. The molecule has 2 aromatic carbocycles. The van der Waals surface area contributed by atoms with E-state index in [1.165, 1.54) is 0 Å². The summed E-state index contributed by atoms with van der Waals surface area (Å²) >= 11 is 12.6. The summed E-state index contributed by atoms with van der Waals surface area (Å²) in [6, 6.07) is 6.87. The molecule has 1 fully saturated rings. The van der Waals surface area contributed by atoms with Crippen molar-refractivity contribution < 1.29 is 48.6 Å². The predicted molar refractivity (Wildman–Crippen MR) is 115 cm³/mol. The Morgan fingerprint density at radius 1 is 1.18 bits per heavy atom. The normalized spacial score (nSPS) is 30.7. The number of halogens is 3. The van der Waals surface area contributed by atoms with Crippen molar-refractivity contribution in [3.8, 4) is 22.6 Å². The molecule has 1 saturated heterocycles. The van der Waals surface area contributed by atoms with E-state index in [0.29, 0.717) is 0 Å². The van der Waals surface area contributed by atoms with Crippen LogP contribution in [0.3, 0.4) is 0 Å². The third-order valence-corrected chi connectivity index (χ3v) is 6.07. The standard InChI is InChI=1S/C21H20Cl2FNO9/c22-10-2-1-3-11(23)13(10)9-4-8(24)5-12-17(9)33-21(6-25,7-31-12)34-20-16(28)14(26)15(27)18(32-20)19(29)30/h1-5,14-16,18,20,26-28H,6-7,25H2,(H,29,30)/t14?,15?,16?,18?,20?,21-/m1/s1. The fourth-order valence-corrected chi connectivity index (χ4v) is 4.29. The number of carboxylic acid groups (broad SMARTS) is 1. The Labute approximate surface area is 202 Å². The van der Waals surface area contributed by atoms with Crippen LogP contribution < -0.4 is 15.2 Å². The fourth-order valence-electron chi connectivity index (χ4n) is 3.69. The number of fused-ring (bicyclic) bond motifs is 1. The molecule has 0 aliphatic carbocycles. The van der Waals surface area contributed by atoms with Gasteiger partial charge >= 0.3 is 5.97 Å². The molecule has 0 amide bonds. The minimum atomic E-state index is -1.91. The molecule has 13 heteroatoms. The molecule has 6 N–H and O–H groups in total. The van der Waals surface area contributed by atoms with Crippen LogP contribution in [-0.2, 0) is 14.3 Å². The summed E-state index contributed by atoms with van der Waals surface area (Å²) in [4.78, 5) is 11.4. The van der Waals surface area contributed by atoms with Gasteiger partial charge in [-0.05, 0) is 18.2 Å². The van der Waals surface area contributed by atoms with Gasteiger partial charge in [0.25, 0.3) is 5.79 Å². The monoisotopic (exact) mass is 519 g/mol. The van der Waals surface area contributed by atoms with E-state index in [4.69, 9.17) is 47.9 Å². The van der Waals surface area contributed by atoms with Crippen molar-refractivity contribution in [3.63, 3.8) is 0 Å². The lowest BCUT2D eigenvalue weighted by atomic mass is 9.99. The number of aliphatic hydroxyl groups excluding tert-OH is 3. The van der Waals surface area contributed by atoms with Crippen molar-refractivity contribution in [1.82, 2.24) is 0 Å². The van der Waals surface area contributed by atoms with Gasteiger partial charge in [0.1, 0.15) is 24.1 Å². The van der Waals surface area contributed by atoms with Gasteiger partial charge in [0.2, 0.25) is 0 Å². The molecule has 2 aliphatic heterocycles. The SMILES string of the molecule is NC[C@@]1(OC2OC(C(=O)O)C(O)C(O)C2O)COc2cc(F)cc(-c3c(Cl)cccc3Cl)c2O1. The zero-order chi connectivity index (χ0) is 24.8. The number of aliphatic hydroxyl groups is 3. The molecule has 0 saturated carbocycles. The molecule has 0 bridgehead atoms. The summed E-state index contributed by atoms with van der Waals surface area (Å²) < 4.78 is 36.8. The number of aliphatic carboxylic acids is 1. The van der Waals surface area contributed by atoms with Gasteiger partial charge in [0.15, 0.2) is 30.5 Å². The van der Waals surface area contributed by atoms with Crippen LogP contribution in [0.5, 0.6) is 11.5 Å². The zero-order valence-electron chi connectivity index (χ0n) is 17.2. The van der Waals surface area contributed by atoms with Crippen molar-refractivity contribution in [3.05, 3.63) is 46.2 Å². The van der Waals surface area contributed by atoms with Crippen LogP contribution >= 0.6 is 23.2 Å². The van der Waals surface area contributed by atoms with Crippen molar-refractivity contribution in [1.29, 1.82) is 0 Å². The van der Waals surface area contributed by atoms with E-state index >= 15 is 0 Å². The first-order chi connectivity index (χ1) is 16.1. The van der Waals surface area contributed by atoms with E-state index in [0.717, 1.165) is 12.1 Å². The Morgan fingerprint density at radius 3 is 2.47 bits per heavy atom. The minimum absolute atomic E-state index is 0.0114. The zero-order valence-corrected chi connectivity index (χ0v) is 18.7. The maximum absolute atomic E-state index is 14.4. The van der Waals surface area contributed by atoms with E-state index in [2.05, 4.69) is 0 Å². The van der Waals surface area contributed by atoms with Crippen LogP contribution in [0.1, 0.15) is 0 Å². The first kappa shape index (κ1) is 24.9. The van der Waals surface area contributed by atoms with Crippen LogP contribution in [0.4, 0.5) is 4.39 Å². The first-order valence-electron chi connectivity index (χ1n) is 9.97. The largest absolute Gasteiger partial charge is 0.483 e. The summed E-state index contributed by atoms with van der Waals surface area (Å²) in [6.45, 7) is -0.818. The number of nitrogens with two attached hydrogens (primary N) is 1. The summed E-state index contributed by atoms with van der Waals surface area (Å²) in [5.74, 6) is -4.17. The lowest BCUT2D eigenvalue weighted by Gasteiger charge is -2.44. The van der Waals surface area contributed by atoms with E-state index < -0.39 is 61.4 Å². The average Bonchev–Trinajstić information content (AvgIpc) is 2.79. The molecule has 2 heterocycles.